The smallest absolute Gasteiger partial charge is 0.224 e. The van der Waals surface area contributed by atoms with E-state index in [-0.39, 0.29) is 23.9 Å². The minimum atomic E-state index is -0.349. The van der Waals surface area contributed by atoms with Gasteiger partial charge in [0.1, 0.15) is 5.82 Å². The van der Waals surface area contributed by atoms with E-state index in [1.54, 1.807) is 12.1 Å². The normalized spacial score (nSPS) is 10.3. The van der Waals surface area contributed by atoms with Crippen LogP contribution >= 0.6 is 15.9 Å². The van der Waals surface area contributed by atoms with E-state index in [9.17, 15) is 14.0 Å². The van der Waals surface area contributed by atoms with E-state index in [1.807, 2.05) is 12.1 Å². The van der Waals surface area contributed by atoms with Crippen molar-refractivity contribution in [3.63, 3.8) is 0 Å². The SMILES string of the molecule is O=C(CCCC(=O)c1ccc(Br)cc1)Nc1ccc(F)cc1. The predicted molar refractivity (Wildman–Crippen MR) is 87.4 cm³/mol. The van der Waals surface area contributed by atoms with Crippen LogP contribution in [-0.2, 0) is 4.79 Å². The maximum absolute atomic E-state index is 12.7. The number of anilines is 1. The van der Waals surface area contributed by atoms with Crippen molar-refractivity contribution in [1.29, 1.82) is 0 Å². The van der Waals surface area contributed by atoms with Crippen LogP contribution in [0.5, 0.6) is 0 Å². The van der Waals surface area contributed by atoms with Gasteiger partial charge in [-0.05, 0) is 42.8 Å². The Morgan fingerprint density at radius 3 is 2.23 bits per heavy atom. The number of Topliss-reactive ketones (excluding diaryl/α,β-unsaturated/α-hetero) is 1. The van der Waals surface area contributed by atoms with Gasteiger partial charge in [0.25, 0.3) is 0 Å². The fourth-order valence-electron chi connectivity index (χ4n) is 1.95. The average Bonchev–Trinajstić information content (AvgIpc) is 2.50. The number of hydrogen-bond donors (Lipinski definition) is 1. The van der Waals surface area contributed by atoms with E-state index in [4.69, 9.17) is 0 Å². The summed E-state index contributed by atoms with van der Waals surface area (Å²) in [5, 5.41) is 2.67. The first-order chi connectivity index (χ1) is 10.5. The van der Waals surface area contributed by atoms with Crippen molar-refractivity contribution < 1.29 is 14.0 Å². The lowest BCUT2D eigenvalue weighted by Gasteiger charge is -2.05. The summed E-state index contributed by atoms with van der Waals surface area (Å²) in [4.78, 5) is 23.7. The van der Waals surface area contributed by atoms with Gasteiger partial charge in [0.15, 0.2) is 5.78 Å². The standard InChI is InChI=1S/C17H15BrFNO2/c18-13-6-4-12(5-7-13)16(21)2-1-3-17(22)20-15-10-8-14(19)9-11-15/h4-11H,1-3H2,(H,20,22). The third-order valence-electron chi connectivity index (χ3n) is 3.10. The maximum Gasteiger partial charge on any atom is 0.224 e. The lowest BCUT2D eigenvalue weighted by molar-refractivity contribution is -0.116. The van der Waals surface area contributed by atoms with E-state index in [0.29, 0.717) is 24.1 Å². The van der Waals surface area contributed by atoms with Crippen LogP contribution in [-0.4, -0.2) is 11.7 Å². The minimum absolute atomic E-state index is 0.0158. The van der Waals surface area contributed by atoms with Crippen LogP contribution in [0, 0.1) is 5.82 Å². The van der Waals surface area contributed by atoms with Gasteiger partial charge in [0.2, 0.25) is 5.91 Å². The van der Waals surface area contributed by atoms with Crippen LogP contribution < -0.4 is 5.32 Å². The second-order valence-electron chi connectivity index (χ2n) is 4.84. The van der Waals surface area contributed by atoms with Gasteiger partial charge in [-0.3, -0.25) is 9.59 Å². The molecule has 0 aliphatic rings. The molecule has 3 nitrogen and oxygen atoms in total. The Kier molecular flexibility index (Phi) is 5.83. The van der Waals surface area contributed by atoms with Crippen molar-refractivity contribution in [1.82, 2.24) is 0 Å². The highest BCUT2D eigenvalue weighted by Crippen LogP contribution is 2.14. The Bertz CT molecular complexity index is 653. The number of carbonyl (C=O) groups excluding carboxylic acids is 2. The molecule has 0 heterocycles. The molecule has 5 heteroatoms. The average molecular weight is 364 g/mol. The fourth-order valence-corrected chi connectivity index (χ4v) is 2.21. The maximum atomic E-state index is 12.7. The molecule has 0 spiro atoms. The number of carbonyl (C=O) groups is 2. The van der Waals surface area contributed by atoms with Gasteiger partial charge >= 0.3 is 0 Å². The molecule has 2 aromatic rings. The van der Waals surface area contributed by atoms with Crippen molar-refractivity contribution in [3.8, 4) is 0 Å². The van der Waals surface area contributed by atoms with Gasteiger partial charge in [0.05, 0.1) is 0 Å². The summed E-state index contributed by atoms with van der Waals surface area (Å²) in [6.07, 6.45) is 1.04. The zero-order valence-electron chi connectivity index (χ0n) is 11.8. The third-order valence-corrected chi connectivity index (χ3v) is 3.63. The zero-order chi connectivity index (χ0) is 15.9. The molecule has 0 fully saturated rings. The van der Waals surface area contributed by atoms with Crippen LogP contribution in [0.15, 0.2) is 53.0 Å². The summed E-state index contributed by atoms with van der Waals surface area (Å²) in [6, 6.07) is 12.7. The third kappa shape index (κ3) is 5.07. The summed E-state index contributed by atoms with van der Waals surface area (Å²) in [5.41, 5.74) is 1.19. The molecule has 0 aliphatic heterocycles. The number of hydrogen-bond acceptors (Lipinski definition) is 2. The lowest BCUT2D eigenvalue weighted by Crippen LogP contribution is -2.12. The van der Waals surface area contributed by atoms with Crippen molar-refractivity contribution in [2.75, 3.05) is 5.32 Å². The Morgan fingerprint density at radius 2 is 1.59 bits per heavy atom. The van der Waals surface area contributed by atoms with Gasteiger partial charge in [-0.25, -0.2) is 4.39 Å². The molecule has 2 aromatic carbocycles. The molecular weight excluding hydrogens is 349 g/mol. The van der Waals surface area contributed by atoms with Crippen LogP contribution in [0.4, 0.5) is 10.1 Å². The molecule has 22 heavy (non-hydrogen) atoms. The summed E-state index contributed by atoms with van der Waals surface area (Å²) in [5.74, 6) is -0.518. The molecule has 0 bridgehead atoms. The van der Waals surface area contributed by atoms with E-state index < -0.39 is 0 Å². The van der Waals surface area contributed by atoms with Gasteiger partial charge in [0, 0.05) is 28.6 Å². The molecular formula is C17H15BrFNO2. The van der Waals surface area contributed by atoms with E-state index in [1.165, 1.54) is 24.3 Å². The highest BCUT2D eigenvalue weighted by atomic mass is 79.9. The second-order valence-corrected chi connectivity index (χ2v) is 5.75. The molecule has 114 valence electrons. The molecule has 0 aliphatic carbocycles. The van der Waals surface area contributed by atoms with Crippen molar-refractivity contribution in [3.05, 3.63) is 64.4 Å². The first-order valence-electron chi connectivity index (χ1n) is 6.89. The topological polar surface area (TPSA) is 46.2 Å². The van der Waals surface area contributed by atoms with Crippen LogP contribution in [0.2, 0.25) is 0 Å². The molecule has 1 amide bonds. The highest BCUT2D eigenvalue weighted by Gasteiger charge is 2.08. The monoisotopic (exact) mass is 363 g/mol. The van der Waals surface area contributed by atoms with Crippen LogP contribution in [0.25, 0.3) is 0 Å². The Balaban J connectivity index is 1.75. The van der Waals surface area contributed by atoms with Crippen LogP contribution in [0.3, 0.4) is 0 Å². The highest BCUT2D eigenvalue weighted by molar-refractivity contribution is 9.10. The molecule has 2 rings (SSSR count). The summed E-state index contributed by atoms with van der Waals surface area (Å²) >= 11 is 3.31. The number of ketones is 1. The van der Waals surface area contributed by atoms with Gasteiger partial charge in [-0.15, -0.1) is 0 Å². The Morgan fingerprint density at radius 1 is 0.955 bits per heavy atom. The molecule has 0 saturated carbocycles. The summed E-state index contributed by atoms with van der Waals surface area (Å²) < 4.78 is 13.7. The summed E-state index contributed by atoms with van der Waals surface area (Å²) in [7, 11) is 0. The van der Waals surface area contributed by atoms with Gasteiger partial charge < -0.3 is 5.32 Å². The Hall–Kier alpha value is -2.01. The fraction of sp³-hybridized carbons (Fsp3) is 0.176. The van der Waals surface area contributed by atoms with E-state index in [0.717, 1.165) is 4.47 Å². The van der Waals surface area contributed by atoms with Gasteiger partial charge in [-0.2, -0.15) is 0 Å². The lowest BCUT2D eigenvalue weighted by atomic mass is 10.1. The number of nitrogens with one attached hydrogen (secondary N) is 1. The quantitative estimate of drug-likeness (QED) is 0.763. The van der Waals surface area contributed by atoms with Crippen LogP contribution in [0.1, 0.15) is 29.6 Å². The molecule has 0 radical (unpaired) electrons. The first-order valence-corrected chi connectivity index (χ1v) is 7.68. The number of rotatable bonds is 6. The Labute approximate surface area is 136 Å². The van der Waals surface area contributed by atoms with Gasteiger partial charge in [-0.1, -0.05) is 28.1 Å². The van der Waals surface area contributed by atoms with Crippen molar-refractivity contribution in [2.24, 2.45) is 0 Å². The predicted octanol–water partition coefficient (Wildman–Crippen LogP) is 4.58. The zero-order valence-corrected chi connectivity index (χ0v) is 13.4. The number of benzene rings is 2. The minimum Gasteiger partial charge on any atom is -0.326 e. The summed E-state index contributed by atoms with van der Waals surface area (Å²) in [6.45, 7) is 0. The molecule has 0 atom stereocenters. The first kappa shape index (κ1) is 16.4. The van der Waals surface area contributed by atoms with E-state index >= 15 is 0 Å². The number of halogens is 2. The largest absolute Gasteiger partial charge is 0.326 e. The molecule has 0 aromatic heterocycles. The van der Waals surface area contributed by atoms with Crippen molar-refractivity contribution in [2.45, 2.75) is 19.3 Å². The second kappa shape index (κ2) is 7.84. The van der Waals surface area contributed by atoms with E-state index in [2.05, 4.69) is 21.2 Å². The van der Waals surface area contributed by atoms with Crippen molar-refractivity contribution >= 4 is 33.3 Å². The molecule has 1 N–H and O–H groups in total. The number of amides is 1. The molecule has 0 unspecified atom stereocenters. The molecule has 0 saturated heterocycles.